The van der Waals surface area contributed by atoms with E-state index in [1.807, 2.05) is 6.92 Å². The smallest absolute Gasteiger partial charge is 0.412 e. The van der Waals surface area contributed by atoms with Crippen molar-refractivity contribution in [2.24, 2.45) is 11.3 Å². The summed E-state index contributed by atoms with van der Waals surface area (Å²) in [5, 5.41) is 7.50. The highest BCUT2D eigenvalue weighted by molar-refractivity contribution is 7.91. The first kappa shape index (κ1) is 38.0. The lowest BCUT2D eigenvalue weighted by molar-refractivity contribution is -0.143. The van der Waals surface area contributed by atoms with Gasteiger partial charge in [0.2, 0.25) is 21.8 Å². The Bertz CT molecular complexity index is 1630. The minimum atomic E-state index is -3.92. The SMILES string of the molecule is C=CC1C[C@]1(NC(=O)[C@@H]1C[C@@H](OC(=O)Nc2cc(C)ccc2Cl)CN1C(=O)[C@@H](NC(=O)OC(C)(C)C)C(C)(C)C)C(=O)NS(=O)(=O)C1CC1. The molecular formula is C33H46ClN5O9S. The normalized spacial score (nSPS) is 24.2. The van der Waals surface area contributed by atoms with Crippen LogP contribution in [0.2, 0.25) is 5.02 Å². The quantitative estimate of drug-likeness (QED) is 0.261. The van der Waals surface area contributed by atoms with Crippen LogP contribution in [0.4, 0.5) is 15.3 Å². The Balaban J connectivity index is 1.59. The first-order valence-electron chi connectivity index (χ1n) is 16.1. The van der Waals surface area contributed by atoms with E-state index in [1.165, 1.54) is 11.0 Å². The van der Waals surface area contributed by atoms with Gasteiger partial charge in [0.15, 0.2) is 0 Å². The lowest BCUT2D eigenvalue weighted by Gasteiger charge is -2.36. The van der Waals surface area contributed by atoms with E-state index in [1.54, 1.807) is 59.7 Å². The number of hydrogen-bond acceptors (Lipinski definition) is 9. The van der Waals surface area contributed by atoms with Gasteiger partial charge in [-0.3, -0.25) is 24.4 Å². The Kier molecular flexibility index (Phi) is 10.7. The summed E-state index contributed by atoms with van der Waals surface area (Å²) in [4.78, 5) is 68.6. The van der Waals surface area contributed by atoms with Crippen LogP contribution in [0.25, 0.3) is 0 Å². The summed E-state index contributed by atoms with van der Waals surface area (Å²) in [5.41, 5.74) is -2.19. The zero-order valence-corrected chi connectivity index (χ0v) is 30.4. The molecule has 3 fully saturated rings. The molecule has 14 nitrogen and oxygen atoms in total. The molecule has 0 bridgehead atoms. The first-order valence-corrected chi connectivity index (χ1v) is 18.0. The molecule has 1 aromatic carbocycles. The number of sulfonamides is 1. The average Bonchev–Trinajstić information content (AvgIpc) is 3.89. The molecule has 0 spiro atoms. The predicted molar refractivity (Wildman–Crippen MR) is 182 cm³/mol. The molecule has 1 aliphatic heterocycles. The van der Waals surface area contributed by atoms with Gasteiger partial charge in [0, 0.05) is 12.3 Å². The van der Waals surface area contributed by atoms with Gasteiger partial charge in [0.25, 0.3) is 5.91 Å². The highest BCUT2D eigenvalue weighted by Crippen LogP contribution is 2.45. The number of anilines is 1. The van der Waals surface area contributed by atoms with E-state index in [4.69, 9.17) is 21.1 Å². The molecule has 0 aromatic heterocycles. The fourth-order valence-corrected chi connectivity index (χ4v) is 7.19. The Hall–Kier alpha value is -3.85. The number of ether oxygens (including phenoxy) is 2. The Morgan fingerprint density at radius 3 is 2.29 bits per heavy atom. The maximum atomic E-state index is 14.2. The minimum absolute atomic E-state index is 0.0966. The summed E-state index contributed by atoms with van der Waals surface area (Å²) in [5.74, 6) is -2.88. The molecular weight excluding hydrogens is 678 g/mol. The number of amides is 5. The highest BCUT2D eigenvalue weighted by Gasteiger charge is 2.62. The maximum Gasteiger partial charge on any atom is 0.412 e. The number of aryl methyl sites for hydroxylation is 1. The second-order valence-corrected chi connectivity index (χ2v) is 17.4. The number of alkyl carbamates (subject to hydrolysis) is 1. The monoisotopic (exact) mass is 723 g/mol. The van der Waals surface area contributed by atoms with Crippen LogP contribution in [0, 0.1) is 18.3 Å². The summed E-state index contributed by atoms with van der Waals surface area (Å²) in [6.45, 7) is 15.5. The molecule has 3 aliphatic rings. The molecule has 1 aromatic rings. The van der Waals surface area contributed by atoms with Crippen LogP contribution in [0.3, 0.4) is 0 Å². The van der Waals surface area contributed by atoms with E-state index >= 15 is 0 Å². The number of nitrogens with zero attached hydrogens (tertiary/aromatic N) is 1. The van der Waals surface area contributed by atoms with Crippen LogP contribution < -0.4 is 20.7 Å². The number of halogens is 1. The third-order valence-corrected chi connectivity index (χ3v) is 10.7. The van der Waals surface area contributed by atoms with Gasteiger partial charge in [-0.25, -0.2) is 18.0 Å². The second-order valence-electron chi connectivity index (χ2n) is 15.0. The van der Waals surface area contributed by atoms with Crippen LogP contribution in [0.1, 0.15) is 72.8 Å². The number of nitrogens with one attached hydrogen (secondary N) is 4. The van der Waals surface area contributed by atoms with E-state index in [9.17, 15) is 32.4 Å². The van der Waals surface area contributed by atoms with Gasteiger partial charge < -0.3 is 25.0 Å². The molecule has 4 rings (SSSR count). The van der Waals surface area contributed by atoms with E-state index < -0.39 is 85.8 Å². The Morgan fingerprint density at radius 2 is 1.73 bits per heavy atom. The van der Waals surface area contributed by atoms with Crippen LogP contribution >= 0.6 is 11.6 Å². The van der Waals surface area contributed by atoms with Gasteiger partial charge in [0.1, 0.15) is 29.3 Å². The number of rotatable bonds is 10. The molecule has 5 atom stereocenters. The molecule has 1 unspecified atom stereocenters. The molecule has 4 N–H and O–H groups in total. The molecule has 270 valence electrons. The molecule has 2 saturated carbocycles. The summed E-state index contributed by atoms with van der Waals surface area (Å²) >= 11 is 6.22. The van der Waals surface area contributed by atoms with Gasteiger partial charge in [0.05, 0.1) is 22.5 Å². The van der Waals surface area contributed by atoms with Crippen molar-refractivity contribution >= 4 is 57.2 Å². The fourth-order valence-electron chi connectivity index (χ4n) is 5.66. The predicted octanol–water partition coefficient (Wildman–Crippen LogP) is 3.78. The summed E-state index contributed by atoms with van der Waals surface area (Å²) in [7, 11) is -3.92. The van der Waals surface area contributed by atoms with E-state index in [-0.39, 0.29) is 24.4 Å². The van der Waals surface area contributed by atoms with Crippen molar-refractivity contribution in [1.82, 2.24) is 20.3 Å². The maximum absolute atomic E-state index is 14.2. The third kappa shape index (κ3) is 9.24. The van der Waals surface area contributed by atoms with Gasteiger partial charge in [-0.2, -0.15) is 0 Å². The van der Waals surface area contributed by atoms with Crippen molar-refractivity contribution in [3.05, 3.63) is 41.4 Å². The highest BCUT2D eigenvalue weighted by atomic mass is 35.5. The topological polar surface area (TPSA) is 189 Å². The standard InChI is InChI=1S/C33H46ClN5O9S/c1-9-19-16-33(19,28(42)38-49(45,46)21-11-12-21)37-26(40)24-15-20(47-29(43)35-23-14-18(2)10-13-22(23)34)17-39(24)27(41)25(31(3,4)5)36-30(44)48-32(6,7)8/h9-10,13-14,19-21,24-25H,1,11-12,15-17H2,2-8H3,(H,35,43)(H,36,44)(H,37,40)(H,38,42)/t19?,20-,24+,25-,33-/m1/s1. The molecule has 0 radical (unpaired) electrons. The first-order chi connectivity index (χ1) is 22.6. The molecule has 1 saturated heterocycles. The molecule has 5 amide bonds. The number of benzene rings is 1. The molecule has 16 heteroatoms. The number of hydrogen-bond donors (Lipinski definition) is 4. The number of carbonyl (C=O) groups is 5. The average molecular weight is 724 g/mol. The number of carbonyl (C=O) groups excluding carboxylic acids is 5. The van der Waals surface area contributed by atoms with Gasteiger partial charge in [-0.05, 0) is 70.1 Å². The lowest BCUT2D eigenvalue weighted by Crippen LogP contribution is -2.60. The minimum Gasteiger partial charge on any atom is -0.444 e. The van der Waals surface area contributed by atoms with E-state index in [0.29, 0.717) is 18.5 Å². The van der Waals surface area contributed by atoms with Crippen molar-refractivity contribution in [2.45, 2.75) is 109 Å². The third-order valence-electron chi connectivity index (χ3n) is 8.50. The van der Waals surface area contributed by atoms with Crippen molar-refractivity contribution in [3.8, 4) is 0 Å². The van der Waals surface area contributed by atoms with Crippen LogP contribution in [0.15, 0.2) is 30.9 Å². The second kappa shape index (κ2) is 13.8. The number of likely N-dealkylation sites (tertiary alicyclic amines) is 1. The summed E-state index contributed by atoms with van der Waals surface area (Å²) in [6.07, 6.45) is -0.449. The Labute approximate surface area is 292 Å². The molecule has 49 heavy (non-hydrogen) atoms. The van der Waals surface area contributed by atoms with Gasteiger partial charge in [-0.1, -0.05) is 44.5 Å². The zero-order chi connectivity index (χ0) is 36.7. The van der Waals surface area contributed by atoms with Crippen LogP contribution in [-0.4, -0.2) is 84.3 Å². The van der Waals surface area contributed by atoms with Crippen molar-refractivity contribution in [2.75, 3.05) is 11.9 Å². The fraction of sp³-hybridized carbons (Fsp3) is 0.606. The van der Waals surface area contributed by atoms with Crippen LogP contribution in [0.5, 0.6) is 0 Å². The van der Waals surface area contributed by atoms with E-state index in [0.717, 1.165) is 5.56 Å². The largest absolute Gasteiger partial charge is 0.444 e. The summed E-state index contributed by atoms with van der Waals surface area (Å²) in [6, 6.07) is 2.59. The van der Waals surface area contributed by atoms with E-state index in [2.05, 4.69) is 27.3 Å². The van der Waals surface area contributed by atoms with Crippen LogP contribution in [-0.2, 0) is 33.9 Å². The molecule has 1 heterocycles. The van der Waals surface area contributed by atoms with Gasteiger partial charge >= 0.3 is 12.2 Å². The van der Waals surface area contributed by atoms with Crippen molar-refractivity contribution in [3.63, 3.8) is 0 Å². The molecule has 2 aliphatic carbocycles. The summed E-state index contributed by atoms with van der Waals surface area (Å²) < 4.78 is 38.3. The van der Waals surface area contributed by atoms with Crippen molar-refractivity contribution < 1.29 is 41.9 Å². The van der Waals surface area contributed by atoms with Crippen molar-refractivity contribution in [1.29, 1.82) is 0 Å². The zero-order valence-electron chi connectivity index (χ0n) is 28.8. The van der Waals surface area contributed by atoms with Gasteiger partial charge in [-0.15, -0.1) is 6.58 Å². The lowest BCUT2D eigenvalue weighted by atomic mass is 9.85. The Morgan fingerprint density at radius 1 is 1.08 bits per heavy atom.